The molecule has 0 amide bonds. The Kier molecular flexibility index (Phi) is 15.5. The molecule has 0 fully saturated rings. The molecular weight excluding hydrogens is 1210 g/mol. The van der Waals surface area contributed by atoms with E-state index in [2.05, 4.69) is 345 Å². The first kappa shape index (κ1) is 63.0. The highest BCUT2D eigenvalue weighted by Gasteiger charge is 2.48. The lowest BCUT2D eigenvalue weighted by atomic mass is 9.78. The molecule has 0 spiro atoms. The van der Waals surface area contributed by atoms with Crippen molar-refractivity contribution in [2.75, 3.05) is 53.2 Å². The SMILES string of the molecule is CCN1C(=CC=C2C(=[S+]CCN=C3/C(=C/C=C4N(CC)c5ccc6ccccc6c5C4(C)C)c4ccccc4C3C=CC3=[N+](CC)c4ccc5ccccc5c4C3(C)C)C(=CC=C3N(CC)c4ccc5ccccc5c4C3(C)C)c3ccccc32)C(C)(C)c2c1ccc1ccccc21. The van der Waals surface area contributed by atoms with Crippen molar-refractivity contribution >= 4 is 110 Å². The smallest absolute Gasteiger partial charge is 0.240 e. The molecule has 16 rings (SSSR count). The molecule has 6 aliphatic rings. The summed E-state index contributed by atoms with van der Waals surface area (Å²) in [6.45, 7) is 32.7. The molecular formula is C92H89N5S+2. The number of rotatable bonds is 12. The van der Waals surface area contributed by atoms with Crippen molar-refractivity contribution in [1.82, 2.24) is 0 Å². The summed E-state index contributed by atoms with van der Waals surface area (Å²) >= 11 is 1.96. The Balaban J connectivity index is 0.849. The molecule has 1 atom stereocenters. The summed E-state index contributed by atoms with van der Waals surface area (Å²) in [5.74, 6) is 0.699. The molecule has 1 unspecified atom stereocenters. The van der Waals surface area contributed by atoms with Crippen LogP contribution in [0.4, 0.5) is 22.7 Å². The van der Waals surface area contributed by atoms with Crippen LogP contribution in [0.1, 0.15) is 134 Å². The first-order valence-electron chi connectivity index (χ1n) is 35.8. The van der Waals surface area contributed by atoms with Crippen LogP contribution in [0.25, 0.3) is 59.8 Å². The molecule has 0 radical (unpaired) electrons. The third-order valence-electron chi connectivity index (χ3n) is 22.7. The highest BCUT2D eigenvalue weighted by Crippen LogP contribution is 2.55. The van der Waals surface area contributed by atoms with Gasteiger partial charge in [-0.3, -0.25) is 4.99 Å². The van der Waals surface area contributed by atoms with E-state index in [9.17, 15) is 0 Å². The van der Waals surface area contributed by atoms with Crippen LogP contribution in [0.3, 0.4) is 0 Å². The summed E-state index contributed by atoms with van der Waals surface area (Å²) < 4.78 is 2.55. The van der Waals surface area contributed by atoms with Crippen LogP contribution in [0, 0.1) is 0 Å². The van der Waals surface area contributed by atoms with Gasteiger partial charge in [0.1, 0.15) is 6.54 Å². The monoisotopic (exact) mass is 1300 g/mol. The van der Waals surface area contributed by atoms with Gasteiger partial charge in [-0.1, -0.05) is 217 Å². The van der Waals surface area contributed by atoms with Crippen LogP contribution >= 0.6 is 0 Å². The predicted molar refractivity (Wildman–Crippen MR) is 425 cm³/mol. The molecule has 6 heteroatoms. The van der Waals surface area contributed by atoms with Gasteiger partial charge in [0.25, 0.3) is 0 Å². The largest absolute Gasteiger partial charge is 0.344 e. The molecule has 4 aliphatic heterocycles. The van der Waals surface area contributed by atoms with Crippen LogP contribution in [0.5, 0.6) is 0 Å². The zero-order valence-corrected chi connectivity index (χ0v) is 59.9. The third kappa shape index (κ3) is 9.62. The molecule has 2 aliphatic carbocycles. The Morgan fingerprint density at radius 3 is 1.23 bits per heavy atom. The molecule has 10 aromatic carbocycles. The van der Waals surface area contributed by atoms with E-state index in [0.29, 0.717) is 6.54 Å². The number of aliphatic imine (C=N–C) groups is 1. The van der Waals surface area contributed by atoms with Gasteiger partial charge in [-0.15, -0.1) is 0 Å². The van der Waals surface area contributed by atoms with Gasteiger partial charge >= 0.3 is 0 Å². The average Bonchev–Trinajstić information content (AvgIpc) is 1.58. The second-order valence-corrected chi connectivity index (χ2v) is 30.5. The Morgan fingerprint density at radius 1 is 0.408 bits per heavy atom. The number of hydrogen-bond donors (Lipinski definition) is 0. The number of hydrogen-bond acceptors (Lipinski definition) is 4. The van der Waals surface area contributed by atoms with Crippen molar-refractivity contribution in [2.45, 2.75) is 111 Å². The van der Waals surface area contributed by atoms with Gasteiger partial charge in [0.05, 0.1) is 17.7 Å². The maximum absolute atomic E-state index is 5.98. The Labute approximate surface area is 584 Å². The maximum atomic E-state index is 5.98. The second kappa shape index (κ2) is 24.1. The Hall–Kier alpha value is -9.75. The maximum Gasteiger partial charge on any atom is 0.240 e. The lowest BCUT2D eigenvalue weighted by Gasteiger charge is -2.26. The highest BCUT2D eigenvalue weighted by atomic mass is 32.1. The molecule has 486 valence electrons. The molecule has 98 heavy (non-hydrogen) atoms. The molecule has 0 bridgehead atoms. The molecule has 0 saturated heterocycles. The van der Waals surface area contributed by atoms with Crippen LogP contribution in [-0.2, 0) is 33.0 Å². The number of benzene rings is 10. The van der Waals surface area contributed by atoms with Crippen LogP contribution in [-0.4, -0.2) is 59.3 Å². The van der Waals surface area contributed by atoms with Gasteiger partial charge in [-0.2, -0.15) is 4.58 Å². The van der Waals surface area contributed by atoms with Crippen molar-refractivity contribution in [2.24, 2.45) is 4.99 Å². The Bertz CT molecular complexity index is 5190. The van der Waals surface area contributed by atoms with E-state index in [4.69, 9.17) is 4.99 Å². The topological polar surface area (TPSA) is 25.1 Å². The van der Waals surface area contributed by atoms with E-state index >= 15 is 0 Å². The van der Waals surface area contributed by atoms with Crippen molar-refractivity contribution < 1.29 is 4.58 Å². The van der Waals surface area contributed by atoms with E-state index in [0.717, 1.165) is 37.6 Å². The van der Waals surface area contributed by atoms with Crippen molar-refractivity contribution in [3.63, 3.8) is 0 Å². The summed E-state index contributed by atoms with van der Waals surface area (Å²) in [5.41, 5.74) is 25.0. The van der Waals surface area contributed by atoms with E-state index in [1.807, 2.05) is 11.4 Å². The fourth-order valence-electron chi connectivity index (χ4n) is 18.3. The first-order valence-corrected chi connectivity index (χ1v) is 36.8. The van der Waals surface area contributed by atoms with Crippen molar-refractivity contribution in [3.05, 3.63) is 304 Å². The summed E-state index contributed by atoms with van der Waals surface area (Å²) in [4.78, 5) is 14.9. The summed E-state index contributed by atoms with van der Waals surface area (Å²) in [5, 5.41) is 10.4. The van der Waals surface area contributed by atoms with Crippen LogP contribution < -0.4 is 14.7 Å². The fourth-order valence-corrected chi connectivity index (χ4v) is 19.4. The number of nitrogens with zero attached hydrogens (tertiary/aromatic N) is 5. The summed E-state index contributed by atoms with van der Waals surface area (Å²) in [6.07, 6.45) is 19.7. The molecule has 10 aromatic rings. The standard InChI is InChI=1S/C92H89N5S/c1-13-94-75-49-41-59-29-17-21-33-63(59)83(75)89(5,6)79(94)53-45-71-67-37-25-26-38-68(67)72(46-54-80-90(7,8)84-64-34-22-18-30-60(64)42-50-76(84)95(80)14-2)87(71)93-57-58-98-88-73(47-55-81-91(9,10)85-65-35-23-19-31-61(65)43-51-77(85)96(81)15-3)69-39-27-28-40-70(69)74(88)48-56-82-92(11,12)86-66-36-24-20-32-62(66)44-52-78(86)97(82)16-4/h17-56,71H,13-16,57-58H2,1-12H3/q+2/b53-45?,72-46+,73-47?,74-48?,80-54?,81-55?,82-56?,93-87?. The van der Waals surface area contributed by atoms with E-state index < -0.39 is 0 Å². The van der Waals surface area contributed by atoms with E-state index in [1.54, 1.807) is 0 Å². The highest BCUT2D eigenvalue weighted by molar-refractivity contribution is 7.81. The quantitative estimate of drug-likeness (QED) is 0.0401. The van der Waals surface area contributed by atoms with Gasteiger partial charge < -0.3 is 14.7 Å². The van der Waals surface area contributed by atoms with Crippen LogP contribution in [0.2, 0.25) is 0 Å². The van der Waals surface area contributed by atoms with Gasteiger partial charge in [0, 0.05) is 110 Å². The zero-order valence-electron chi connectivity index (χ0n) is 59.1. The number of anilines is 3. The lowest BCUT2D eigenvalue weighted by molar-refractivity contribution is -0.433. The van der Waals surface area contributed by atoms with Crippen molar-refractivity contribution in [3.8, 4) is 0 Å². The average molecular weight is 1300 g/mol. The minimum Gasteiger partial charge on any atom is -0.344 e. The second-order valence-electron chi connectivity index (χ2n) is 29.4. The van der Waals surface area contributed by atoms with Gasteiger partial charge in [-0.05, 0) is 178 Å². The lowest BCUT2D eigenvalue weighted by Crippen LogP contribution is -2.28. The minimum atomic E-state index is -0.248. The summed E-state index contributed by atoms with van der Waals surface area (Å²) in [6, 6.07) is 72.6. The van der Waals surface area contributed by atoms with Gasteiger partial charge in [0.15, 0.2) is 22.8 Å². The Morgan fingerprint density at radius 2 is 0.796 bits per heavy atom. The first-order chi connectivity index (χ1) is 47.5. The number of allylic oxidation sites excluding steroid dienone is 14. The van der Waals surface area contributed by atoms with Crippen LogP contribution in [0.15, 0.2) is 265 Å². The fraction of sp³-hybridized carbons (Fsp3) is 0.250. The molecule has 5 nitrogen and oxygen atoms in total. The predicted octanol–water partition coefficient (Wildman–Crippen LogP) is 21.7. The normalized spacial score (nSPS) is 21.3. The zero-order chi connectivity index (χ0) is 67.6. The molecule has 0 aromatic heterocycles. The molecule has 4 heterocycles. The van der Waals surface area contributed by atoms with E-state index in [1.165, 1.54) is 155 Å². The molecule has 0 N–H and O–H groups in total. The van der Waals surface area contributed by atoms with E-state index in [-0.39, 0.29) is 27.6 Å². The number of likely N-dealkylation sites (N-methyl/N-ethyl adjacent to an activating group) is 3. The van der Waals surface area contributed by atoms with Crippen molar-refractivity contribution in [1.29, 1.82) is 0 Å². The molecule has 0 saturated carbocycles. The third-order valence-corrected chi connectivity index (χ3v) is 23.8. The number of fused-ring (bicyclic) bond motifs is 14. The summed E-state index contributed by atoms with van der Waals surface area (Å²) in [7, 11) is 0. The minimum absolute atomic E-state index is 0.0779. The van der Waals surface area contributed by atoms with Gasteiger partial charge in [-0.25, -0.2) is 0 Å². The van der Waals surface area contributed by atoms with Gasteiger partial charge in [0.2, 0.25) is 10.6 Å².